The second-order valence-electron chi connectivity index (χ2n) is 7.06. The Morgan fingerprint density at radius 3 is 2.29 bits per heavy atom. The van der Waals surface area contributed by atoms with Crippen molar-refractivity contribution in [2.75, 3.05) is 37.6 Å². The van der Waals surface area contributed by atoms with Crippen molar-refractivity contribution in [1.82, 2.24) is 4.90 Å². The molecular weight excluding hydrogens is 376 g/mol. The Morgan fingerprint density at radius 1 is 1.04 bits per heavy atom. The lowest BCUT2D eigenvalue weighted by Crippen LogP contribution is -2.44. The van der Waals surface area contributed by atoms with E-state index in [1.165, 1.54) is 10.7 Å². The second kappa shape index (κ2) is 9.41. The molecule has 1 aliphatic rings. The predicted molar refractivity (Wildman–Crippen MR) is 110 cm³/mol. The summed E-state index contributed by atoms with van der Waals surface area (Å²) in [4.78, 5) is 2.41. The van der Waals surface area contributed by atoms with E-state index >= 15 is 0 Å². The molecule has 2 aromatic carbocycles. The molecule has 0 amide bonds. The van der Waals surface area contributed by atoms with Crippen LogP contribution >= 0.6 is 0 Å². The lowest BCUT2D eigenvalue weighted by atomic mass is 10.1. The van der Waals surface area contributed by atoms with Gasteiger partial charge in [-0.25, -0.2) is 8.42 Å². The Kier molecular flexibility index (Phi) is 6.93. The molecule has 1 N–H and O–H groups in total. The number of likely N-dealkylation sites (tertiary alicyclic amines) is 1. The summed E-state index contributed by atoms with van der Waals surface area (Å²) in [6, 6.07) is 15.2. The first kappa shape index (κ1) is 20.6. The van der Waals surface area contributed by atoms with Crippen LogP contribution in [0.2, 0.25) is 0 Å². The Balaban J connectivity index is 1.85. The van der Waals surface area contributed by atoms with Gasteiger partial charge in [-0.3, -0.25) is 4.31 Å². The van der Waals surface area contributed by atoms with Crippen molar-refractivity contribution in [2.24, 2.45) is 0 Å². The van der Waals surface area contributed by atoms with Gasteiger partial charge in [0, 0.05) is 6.54 Å². The van der Waals surface area contributed by atoms with Gasteiger partial charge < -0.3 is 14.7 Å². The zero-order valence-corrected chi connectivity index (χ0v) is 17.0. The average molecular weight is 405 g/mol. The summed E-state index contributed by atoms with van der Waals surface area (Å²) >= 11 is 0. The molecule has 0 aliphatic carbocycles. The van der Waals surface area contributed by atoms with Gasteiger partial charge in [0.05, 0.1) is 30.3 Å². The standard InChI is InChI=1S/C21H28N2O4S/c1-27-20-12-10-18(11-13-20)23(28(25,26)21-8-4-2-5-9-21)17-19(24)16-22-14-6-3-7-15-22/h2,4-5,8-13,19,24H,3,6-7,14-17H2,1H3/t19-/m1/s1. The second-order valence-corrected chi connectivity index (χ2v) is 8.92. The van der Waals surface area contributed by atoms with Crippen molar-refractivity contribution >= 4 is 15.7 Å². The third-order valence-corrected chi connectivity index (χ3v) is 6.79. The van der Waals surface area contributed by atoms with E-state index < -0.39 is 16.1 Å². The molecule has 2 aromatic rings. The molecule has 6 nitrogen and oxygen atoms in total. The fourth-order valence-electron chi connectivity index (χ4n) is 3.50. The number of hydrogen-bond donors (Lipinski definition) is 1. The van der Waals surface area contributed by atoms with Crippen molar-refractivity contribution in [3.05, 3.63) is 54.6 Å². The van der Waals surface area contributed by atoms with E-state index in [0.29, 0.717) is 18.0 Å². The highest BCUT2D eigenvalue weighted by molar-refractivity contribution is 7.92. The van der Waals surface area contributed by atoms with Crippen LogP contribution in [-0.2, 0) is 10.0 Å². The largest absolute Gasteiger partial charge is 0.497 e. The number of ether oxygens (including phenoxy) is 1. The fraction of sp³-hybridized carbons (Fsp3) is 0.429. The van der Waals surface area contributed by atoms with Crippen LogP contribution in [0.1, 0.15) is 19.3 Å². The van der Waals surface area contributed by atoms with E-state index in [1.807, 2.05) is 0 Å². The van der Waals surface area contributed by atoms with Crippen LogP contribution in [-0.4, -0.2) is 57.8 Å². The van der Waals surface area contributed by atoms with Crippen LogP contribution in [0.25, 0.3) is 0 Å². The number of aliphatic hydroxyl groups is 1. The highest BCUT2D eigenvalue weighted by Crippen LogP contribution is 2.26. The van der Waals surface area contributed by atoms with Crippen molar-refractivity contribution < 1.29 is 18.3 Å². The third-order valence-electron chi connectivity index (χ3n) is 4.99. The van der Waals surface area contributed by atoms with Gasteiger partial charge in [-0.1, -0.05) is 24.6 Å². The topological polar surface area (TPSA) is 70.1 Å². The monoisotopic (exact) mass is 404 g/mol. The van der Waals surface area contributed by atoms with Gasteiger partial charge in [-0.15, -0.1) is 0 Å². The summed E-state index contributed by atoms with van der Waals surface area (Å²) in [6.45, 7) is 2.37. The van der Waals surface area contributed by atoms with E-state index in [9.17, 15) is 13.5 Å². The summed E-state index contributed by atoms with van der Waals surface area (Å²) in [5.74, 6) is 0.648. The van der Waals surface area contributed by atoms with Crippen molar-refractivity contribution in [3.63, 3.8) is 0 Å². The number of sulfonamides is 1. The van der Waals surface area contributed by atoms with Crippen LogP contribution in [0.5, 0.6) is 5.75 Å². The summed E-state index contributed by atoms with van der Waals surface area (Å²) in [5, 5.41) is 10.7. The van der Waals surface area contributed by atoms with E-state index in [0.717, 1.165) is 25.9 Å². The lowest BCUT2D eigenvalue weighted by molar-refractivity contribution is 0.107. The zero-order valence-electron chi connectivity index (χ0n) is 16.2. The normalized spacial score (nSPS) is 16.5. The number of nitrogens with zero attached hydrogens (tertiary/aromatic N) is 2. The van der Waals surface area contributed by atoms with E-state index in [2.05, 4.69) is 4.90 Å². The predicted octanol–water partition coefficient (Wildman–Crippen LogP) is 2.74. The minimum atomic E-state index is -3.80. The van der Waals surface area contributed by atoms with Gasteiger partial charge >= 0.3 is 0 Å². The minimum Gasteiger partial charge on any atom is -0.497 e. The number of β-amino-alcohol motifs (C(OH)–C–C–N with tert-alkyl or cyclic N) is 1. The van der Waals surface area contributed by atoms with Gasteiger partial charge in [0.15, 0.2) is 0 Å². The van der Waals surface area contributed by atoms with Gasteiger partial charge in [-0.05, 0) is 62.3 Å². The molecule has 1 atom stereocenters. The molecule has 0 aromatic heterocycles. The lowest BCUT2D eigenvalue weighted by Gasteiger charge is -2.31. The molecule has 0 spiro atoms. The molecule has 0 radical (unpaired) electrons. The van der Waals surface area contributed by atoms with Crippen LogP contribution < -0.4 is 9.04 Å². The molecule has 0 unspecified atom stereocenters. The number of piperidine rings is 1. The number of aliphatic hydroxyl groups excluding tert-OH is 1. The van der Waals surface area contributed by atoms with Gasteiger partial charge in [-0.2, -0.15) is 0 Å². The molecule has 0 bridgehead atoms. The molecule has 0 saturated carbocycles. The van der Waals surface area contributed by atoms with Crippen LogP contribution in [0, 0.1) is 0 Å². The average Bonchev–Trinajstić information content (AvgIpc) is 2.73. The first-order chi connectivity index (χ1) is 13.5. The van der Waals surface area contributed by atoms with Gasteiger partial charge in [0.1, 0.15) is 5.75 Å². The highest BCUT2D eigenvalue weighted by atomic mass is 32.2. The zero-order chi connectivity index (χ0) is 20.0. The maximum atomic E-state index is 13.3. The third kappa shape index (κ3) is 5.04. The van der Waals surface area contributed by atoms with Crippen molar-refractivity contribution in [2.45, 2.75) is 30.3 Å². The number of rotatable bonds is 8. The summed E-state index contributed by atoms with van der Waals surface area (Å²) in [5.41, 5.74) is 0.502. The maximum absolute atomic E-state index is 13.3. The summed E-state index contributed by atoms with van der Waals surface area (Å²) in [6.07, 6.45) is 2.68. The smallest absolute Gasteiger partial charge is 0.264 e. The fourth-order valence-corrected chi connectivity index (χ4v) is 5.02. The van der Waals surface area contributed by atoms with E-state index in [1.54, 1.807) is 61.7 Å². The number of hydrogen-bond acceptors (Lipinski definition) is 5. The Bertz CT molecular complexity index is 834. The Labute approximate surface area is 167 Å². The quantitative estimate of drug-likeness (QED) is 0.733. The first-order valence-corrected chi connectivity index (χ1v) is 11.1. The summed E-state index contributed by atoms with van der Waals surface area (Å²) in [7, 11) is -2.23. The molecule has 152 valence electrons. The first-order valence-electron chi connectivity index (χ1n) is 9.63. The summed E-state index contributed by atoms with van der Waals surface area (Å²) < 4.78 is 33.0. The SMILES string of the molecule is COc1ccc(N(C[C@H](O)CN2CCCCC2)S(=O)(=O)c2ccccc2)cc1. The van der Waals surface area contributed by atoms with Gasteiger partial charge in [0.2, 0.25) is 0 Å². The Hall–Kier alpha value is -2.09. The number of methoxy groups -OCH3 is 1. The molecule has 1 saturated heterocycles. The molecule has 1 heterocycles. The molecular formula is C21H28N2O4S. The minimum absolute atomic E-state index is 0.0000560. The van der Waals surface area contributed by atoms with E-state index in [-0.39, 0.29) is 11.4 Å². The maximum Gasteiger partial charge on any atom is 0.264 e. The Morgan fingerprint density at radius 2 is 1.68 bits per heavy atom. The van der Waals surface area contributed by atoms with E-state index in [4.69, 9.17) is 4.74 Å². The van der Waals surface area contributed by atoms with Crippen molar-refractivity contribution in [1.29, 1.82) is 0 Å². The van der Waals surface area contributed by atoms with Gasteiger partial charge in [0.25, 0.3) is 10.0 Å². The number of benzene rings is 2. The van der Waals surface area contributed by atoms with Crippen molar-refractivity contribution in [3.8, 4) is 5.75 Å². The molecule has 1 fully saturated rings. The molecule has 3 rings (SSSR count). The highest BCUT2D eigenvalue weighted by Gasteiger charge is 2.28. The molecule has 1 aliphatic heterocycles. The van der Waals surface area contributed by atoms with Crippen LogP contribution in [0.15, 0.2) is 59.5 Å². The number of anilines is 1. The van der Waals surface area contributed by atoms with Crippen LogP contribution in [0.4, 0.5) is 5.69 Å². The molecule has 7 heteroatoms. The van der Waals surface area contributed by atoms with Crippen LogP contribution in [0.3, 0.4) is 0 Å². The molecule has 28 heavy (non-hydrogen) atoms.